The molecule has 30 heavy (non-hydrogen) atoms. The lowest BCUT2D eigenvalue weighted by atomic mass is 10.1. The monoisotopic (exact) mass is 409 g/mol. The van der Waals surface area contributed by atoms with Crippen LogP contribution in [0.4, 0.5) is 11.4 Å². The van der Waals surface area contributed by atoms with Crippen molar-refractivity contribution in [3.05, 3.63) is 47.5 Å². The van der Waals surface area contributed by atoms with Gasteiger partial charge in [0, 0.05) is 36.6 Å². The van der Waals surface area contributed by atoms with E-state index in [1.807, 2.05) is 12.1 Å². The predicted molar refractivity (Wildman–Crippen MR) is 116 cm³/mol. The first kappa shape index (κ1) is 20.1. The highest BCUT2D eigenvalue weighted by Gasteiger charge is 2.21. The number of benzene rings is 2. The molecular formula is C23H27N3O4. The summed E-state index contributed by atoms with van der Waals surface area (Å²) < 4.78 is 10.6. The fourth-order valence-electron chi connectivity index (χ4n) is 3.66. The zero-order valence-electron chi connectivity index (χ0n) is 17.4. The number of amides is 2. The van der Waals surface area contributed by atoms with E-state index in [0.717, 1.165) is 31.6 Å². The summed E-state index contributed by atoms with van der Waals surface area (Å²) >= 11 is 0. The lowest BCUT2D eigenvalue weighted by Gasteiger charge is -2.22. The van der Waals surface area contributed by atoms with Crippen LogP contribution >= 0.6 is 0 Å². The largest absolute Gasteiger partial charge is 0.454 e. The second kappa shape index (κ2) is 8.65. The van der Waals surface area contributed by atoms with Crippen LogP contribution in [0.5, 0.6) is 11.5 Å². The molecule has 0 bridgehead atoms. The minimum Gasteiger partial charge on any atom is -0.454 e. The highest BCUT2D eigenvalue weighted by molar-refractivity contribution is 6.06. The maximum Gasteiger partial charge on any atom is 0.255 e. The van der Waals surface area contributed by atoms with Gasteiger partial charge >= 0.3 is 0 Å². The van der Waals surface area contributed by atoms with E-state index in [1.165, 1.54) is 0 Å². The van der Waals surface area contributed by atoms with Gasteiger partial charge in [0.1, 0.15) is 0 Å². The average molecular weight is 409 g/mol. The molecule has 158 valence electrons. The van der Waals surface area contributed by atoms with Gasteiger partial charge in [-0.2, -0.15) is 0 Å². The van der Waals surface area contributed by atoms with E-state index in [9.17, 15) is 9.59 Å². The van der Waals surface area contributed by atoms with Crippen LogP contribution in [0.3, 0.4) is 0 Å². The van der Waals surface area contributed by atoms with Gasteiger partial charge in [0.05, 0.1) is 5.56 Å². The second-order valence-electron chi connectivity index (χ2n) is 8.05. The number of nitrogens with one attached hydrogen (secondary N) is 2. The van der Waals surface area contributed by atoms with E-state index in [2.05, 4.69) is 29.4 Å². The molecule has 2 heterocycles. The molecule has 2 aromatic rings. The zero-order chi connectivity index (χ0) is 21.1. The topological polar surface area (TPSA) is 79.9 Å². The Kier molecular flexibility index (Phi) is 5.79. The normalized spacial score (nSPS) is 14.8. The molecule has 2 aromatic carbocycles. The Bertz CT molecular complexity index is 951. The summed E-state index contributed by atoms with van der Waals surface area (Å²) in [6, 6.07) is 10.6. The molecule has 2 N–H and O–H groups in total. The van der Waals surface area contributed by atoms with Gasteiger partial charge in [-0.25, -0.2) is 0 Å². The average Bonchev–Trinajstić information content (AvgIpc) is 3.43. The van der Waals surface area contributed by atoms with Crippen LogP contribution in [0.25, 0.3) is 0 Å². The van der Waals surface area contributed by atoms with Crippen molar-refractivity contribution in [1.82, 2.24) is 5.32 Å². The van der Waals surface area contributed by atoms with Crippen molar-refractivity contribution in [2.75, 3.05) is 36.6 Å². The summed E-state index contributed by atoms with van der Waals surface area (Å²) in [4.78, 5) is 27.8. The van der Waals surface area contributed by atoms with Gasteiger partial charge in [-0.05, 0) is 55.2 Å². The minimum atomic E-state index is -0.268. The summed E-state index contributed by atoms with van der Waals surface area (Å²) in [5.74, 6) is 1.16. The number of rotatable bonds is 6. The molecule has 2 amide bonds. The van der Waals surface area contributed by atoms with Crippen molar-refractivity contribution in [2.45, 2.75) is 26.7 Å². The number of hydrogen-bond donors (Lipinski definition) is 2. The van der Waals surface area contributed by atoms with Crippen LogP contribution in [0.2, 0.25) is 0 Å². The van der Waals surface area contributed by atoms with Crippen LogP contribution in [-0.2, 0) is 0 Å². The number of carbonyl (C=O) groups is 2. The van der Waals surface area contributed by atoms with Crippen molar-refractivity contribution in [2.24, 2.45) is 5.92 Å². The molecule has 0 saturated carbocycles. The maximum absolute atomic E-state index is 12.9. The number of fused-ring (bicyclic) bond motifs is 1. The van der Waals surface area contributed by atoms with Crippen LogP contribution in [0.1, 0.15) is 47.4 Å². The summed E-state index contributed by atoms with van der Waals surface area (Å²) in [6.07, 6.45) is 2.24. The SMILES string of the molecule is CC(C)CNC(=O)c1cc(NC(=O)c2ccc3c(c2)OCO3)ccc1N1CCCC1. The van der Waals surface area contributed by atoms with Crippen molar-refractivity contribution in [1.29, 1.82) is 0 Å². The Labute approximate surface area is 176 Å². The lowest BCUT2D eigenvalue weighted by molar-refractivity contribution is 0.0948. The van der Waals surface area contributed by atoms with Crippen molar-refractivity contribution in [3.8, 4) is 11.5 Å². The molecule has 0 atom stereocenters. The number of anilines is 2. The first-order valence-electron chi connectivity index (χ1n) is 10.4. The van der Waals surface area contributed by atoms with Crippen molar-refractivity contribution < 1.29 is 19.1 Å². The summed E-state index contributed by atoms with van der Waals surface area (Å²) in [5.41, 5.74) is 2.54. The highest BCUT2D eigenvalue weighted by Crippen LogP contribution is 2.33. The number of carbonyl (C=O) groups excluding carboxylic acids is 2. The smallest absolute Gasteiger partial charge is 0.255 e. The Morgan fingerprint density at radius 3 is 2.53 bits per heavy atom. The van der Waals surface area contributed by atoms with E-state index < -0.39 is 0 Å². The van der Waals surface area contributed by atoms with Crippen molar-refractivity contribution >= 4 is 23.2 Å². The molecule has 0 spiro atoms. The number of nitrogens with zero attached hydrogens (tertiary/aromatic N) is 1. The van der Waals surface area contributed by atoms with Gasteiger partial charge in [0.25, 0.3) is 11.8 Å². The van der Waals surface area contributed by atoms with Gasteiger partial charge in [0.15, 0.2) is 11.5 Å². The third kappa shape index (κ3) is 4.35. The Balaban J connectivity index is 1.56. The lowest BCUT2D eigenvalue weighted by Crippen LogP contribution is -2.30. The van der Waals surface area contributed by atoms with E-state index >= 15 is 0 Å². The van der Waals surface area contributed by atoms with Crippen molar-refractivity contribution in [3.63, 3.8) is 0 Å². The second-order valence-corrected chi connectivity index (χ2v) is 8.05. The summed E-state index contributed by atoms with van der Waals surface area (Å²) in [6.45, 7) is 6.76. The molecular weight excluding hydrogens is 382 g/mol. The molecule has 0 radical (unpaired) electrons. The van der Waals surface area contributed by atoms with E-state index in [4.69, 9.17) is 9.47 Å². The Hall–Kier alpha value is -3.22. The molecule has 0 aromatic heterocycles. The number of hydrogen-bond acceptors (Lipinski definition) is 5. The fraction of sp³-hybridized carbons (Fsp3) is 0.391. The summed E-state index contributed by atoms with van der Waals surface area (Å²) in [5, 5.41) is 5.89. The highest BCUT2D eigenvalue weighted by atomic mass is 16.7. The minimum absolute atomic E-state index is 0.121. The van der Waals surface area contributed by atoms with E-state index in [0.29, 0.717) is 40.8 Å². The van der Waals surface area contributed by atoms with Crippen LogP contribution in [-0.4, -0.2) is 38.2 Å². The third-order valence-electron chi connectivity index (χ3n) is 5.25. The van der Waals surface area contributed by atoms with E-state index in [-0.39, 0.29) is 18.6 Å². The maximum atomic E-state index is 12.9. The molecule has 2 aliphatic heterocycles. The molecule has 7 heteroatoms. The molecule has 1 saturated heterocycles. The van der Waals surface area contributed by atoms with Gasteiger partial charge < -0.3 is 25.0 Å². The van der Waals surface area contributed by atoms with Gasteiger partial charge in [0.2, 0.25) is 6.79 Å². The van der Waals surface area contributed by atoms with Gasteiger partial charge in [-0.15, -0.1) is 0 Å². The molecule has 2 aliphatic rings. The molecule has 7 nitrogen and oxygen atoms in total. The number of ether oxygens (including phenoxy) is 2. The molecule has 4 rings (SSSR count). The van der Waals surface area contributed by atoms with Crippen LogP contribution < -0.4 is 25.0 Å². The first-order valence-corrected chi connectivity index (χ1v) is 10.4. The van der Waals surface area contributed by atoms with E-state index in [1.54, 1.807) is 24.3 Å². The molecule has 1 fully saturated rings. The third-order valence-corrected chi connectivity index (χ3v) is 5.25. The Morgan fingerprint density at radius 2 is 1.77 bits per heavy atom. The zero-order valence-corrected chi connectivity index (χ0v) is 17.4. The Morgan fingerprint density at radius 1 is 1.00 bits per heavy atom. The van der Waals surface area contributed by atoms with Crippen LogP contribution in [0.15, 0.2) is 36.4 Å². The summed E-state index contributed by atoms with van der Waals surface area (Å²) in [7, 11) is 0. The quantitative estimate of drug-likeness (QED) is 0.761. The first-order chi connectivity index (χ1) is 14.5. The predicted octanol–water partition coefficient (Wildman–Crippen LogP) is 3.65. The standard InChI is InChI=1S/C23H27N3O4/c1-15(2)13-24-23(28)18-12-17(6-7-19(18)26-9-3-4-10-26)25-22(27)16-5-8-20-21(11-16)30-14-29-20/h5-8,11-12,15H,3-4,9-10,13-14H2,1-2H3,(H,24,28)(H,25,27). The molecule has 0 unspecified atom stereocenters. The van der Waals surface area contributed by atoms with Gasteiger partial charge in [-0.1, -0.05) is 13.8 Å². The molecule has 0 aliphatic carbocycles. The van der Waals surface area contributed by atoms with Gasteiger partial charge in [-0.3, -0.25) is 9.59 Å². The van der Waals surface area contributed by atoms with Crippen LogP contribution in [0, 0.1) is 5.92 Å². The fourth-order valence-corrected chi connectivity index (χ4v) is 3.66.